The van der Waals surface area contributed by atoms with Crippen LogP contribution in [0.15, 0.2) is 18.2 Å². The molecule has 2 rings (SSSR count). The third-order valence-electron chi connectivity index (χ3n) is 3.88. The number of phenols is 1. The Kier molecular flexibility index (Phi) is 4.81. The second-order valence-electron chi connectivity index (χ2n) is 6.01. The number of halogens is 1. The molecule has 1 aromatic carbocycles. The summed E-state index contributed by atoms with van der Waals surface area (Å²) in [4.78, 5) is 2.41. The first kappa shape index (κ1) is 14.3. The van der Waals surface area contributed by atoms with Gasteiger partial charge in [-0.1, -0.05) is 38.8 Å². The topological polar surface area (TPSA) is 23.5 Å². The third-order valence-corrected chi connectivity index (χ3v) is 3.88. The second kappa shape index (κ2) is 6.38. The molecule has 1 saturated carbocycles. The van der Waals surface area contributed by atoms with Crippen molar-refractivity contribution in [2.24, 2.45) is 5.92 Å². The largest absolute Gasteiger partial charge is 0.505 e. The van der Waals surface area contributed by atoms with Gasteiger partial charge in [0.15, 0.2) is 11.6 Å². The summed E-state index contributed by atoms with van der Waals surface area (Å²) in [6, 6.07) is 5.39. The highest BCUT2D eigenvalue weighted by molar-refractivity contribution is 5.33. The maximum Gasteiger partial charge on any atom is 0.165 e. The lowest BCUT2D eigenvalue weighted by atomic mass is 10.1. The van der Waals surface area contributed by atoms with Crippen LogP contribution in [0.2, 0.25) is 0 Å². The van der Waals surface area contributed by atoms with E-state index in [0.717, 1.165) is 6.54 Å². The summed E-state index contributed by atoms with van der Waals surface area (Å²) in [7, 11) is 0. The van der Waals surface area contributed by atoms with Crippen LogP contribution < -0.4 is 0 Å². The zero-order valence-electron chi connectivity index (χ0n) is 11.9. The Morgan fingerprint density at radius 2 is 2.00 bits per heavy atom. The zero-order valence-corrected chi connectivity index (χ0v) is 11.9. The van der Waals surface area contributed by atoms with Crippen LogP contribution in [0.5, 0.6) is 5.75 Å². The van der Waals surface area contributed by atoms with Crippen molar-refractivity contribution in [1.82, 2.24) is 4.90 Å². The molecule has 0 amide bonds. The molecule has 1 N–H and O–H groups in total. The fourth-order valence-electron chi connectivity index (χ4n) is 2.99. The van der Waals surface area contributed by atoms with Crippen LogP contribution >= 0.6 is 0 Å². The smallest absolute Gasteiger partial charge is 0.165 e. The zero-order chi connectivity index (χ0) is 13.8. The standard InChI is InChI=1S/C16H24FNO/c1-12(2)10-18(14-7-3-4-8-14)11-13-6-5-9-15(17)16(13)19/h5-6,9,12,14,19H,3-4,7-8,10-11H2,1-2H3. The third kappa shape index (κ3) is 3.69. The molecule has 1 aromatic rings. The van der Waals surface area contributed by atoms with Gasteiger partial charge in [0, 0.05) is 24.7 Å². The Morgan fingerprint density at radius 3 is 2.63 bits per heavy atom. The van der Waals surface area contributed by atoms with Crippen molar-refractivity contribution in [2.75, 3.05) is 6.54 Å². The van der Waals surface area contributed by atoms with Gasteiger partial charge in [0.25, 0.3) is 0 Å². The average molecular weight is 265 g/mol. The van der Waals surface area contributed by atoms with Crippen molar-refractivity contribution in [3.05, 3.63) is 29.6 Å². The molecular weight excluding hydrogens is 241 g/mol. The summed E-state index contributed by atoms with van der Waals surface area (Å²) in [6.45, 7) is 6.05. The van der Waals surface area contributed by atoms with Crippen molar-refractivity contribution in [3.63, 3.8) is 0 Å². The van der Waals surface area contributed by atoms with Gasteiger partial charge in [0.05, 0.1) is 0 Å². The van der Waals surface area contributed by atoms with E-state index in [1.54, 1.807) is 6.07 Å². The molecule has 0 unspecified atom stereocenters. The molecule has 0 aromatic heterocycles. The number of phenolic OH excluding ortho intramolecular Hbond substituents is 1. The molecule has 0 atom stereocenters. The lowest BCUT2D eigenvalue weighted by Crippen LogP contribution is -2.35. The second-order valence-corrected chi connectivity index (χ2v) is 6.01. The molecule has 3 heteroatoms. The van der Waals surface area contributed by atoms with E-state index in [2.05, 4.69) is 18.7 Å². The van der Waals surface area contributed by atoms with Crippen LogP contribution in [0.3, 0.4) is 0 Å². The van der Waals surface area contributed by atoms with E-state index in [0.29, 0.717) is 24.1 Å². The lowest BCUT2D eigenvalue weighted by molar-refractivity contribution is 0.166. The molecule has 0 bridgehead atoms. The van der Waals surface area contributed by atoms with Gasteiger partial charge in [-0.25, -0.2) is 4.39 Å². The SMILES string of the molecule is CC(C)CN(Cc1cccc(F)c1O)C1CCCC1. The van der Waals surface area contributed by atoms with Crippen LogP contribution in [0.4, 0.5) is 4.39 Å². The van der Waals surface area contributed by atoms with Gasteiger partial charge in [-0.15, -0.1) is 0 Å². The van der Waals surface area contributed by atoms with Gasteiger partial charge in [0.1, 0.15) is 0 Å². The van der Waals surface area contributed by atoms with Gasteiger partial charge >= 0.3 is 0 Å². The molecule has 0 heterocycles. The van der Waals surface area contributed by atoms with Crippen LogP contribution in [-0.4, -0.2) is 22.6 Å². The Labute approximate surface area is 115 Å². The van der Waals surface area contributed by atoms with E-state index in [9.17, 15) is 9.50 Å². The van der Waals surface area contributed by atoms with Gasteiger partial charge in [-0.3, -0.25) is 4.90 Å². The van der Waals surface area contributed by atoms with E-state index < -0.39 is 5.82 Å². The first-order valence-electron chi connectivity index (χ1n) is 7.28. The summed E-state index contributed by atoms with van der Waals surface area (Å²) >= 11 is 0. The maximum absolute atomic E-state index is 13.4. The minimum atomic E-state index is -0.520. The Bertz CT molecular complexity index is 413. The molecule has 2 nitrogen and oxygen atoms in total. The molecule has 1 fully saturated rings. The van der Waals surface area contributed by atoms with Crippen molar-refractivity contribution in [1.29, 1.82) is 0 Å². The molecule has 1 aliphatic carbocycles. The van der Waals surface area contributed by atoms with Crippen LogP contribution in [-0.2, 0) is 6.54 Å². The van der Waals surface area contributed by atoms with Gasteiger partial charge in [-0.2, -0.15) is 0 Å². The van der Waals surface area contributed by atoms with Gasteiger partial charge in [-0.05, 0) is 24.8 Å². The highest BCUT2D eigenvalue weighted by atomic mass is 19.1. The number of nitrogens with zero attached hydrogens (tertiary/aromatic N) is 1. The normalized spacial score (nSPS) is 16.7. The quantitative estimate of drug-likeness (QED) is 0.872. The summed E-state index contributed by atoms with van der Waals surface area (Å²) in [6.07, 6.45) is 5.02. The average Bonchev–Trinajstić information content (AvgIpc) is 2.87. The predicted molar refractivity (Wildman–Crippen MR) is 75.6 cm³/mol. The Hall–Kier alpha value is -1.09. The fraction of sp³-hybridized carbons (Fsp3) is 0.625. The van der Waals surface area contributed by atoms with Gasteiger partial charge < -0.3 is 5.11 Å². The van der Waals surface area contributed by atoms with E-state index in [-0.39, 0.29) is 5.75 Å². The Morgan fingerprint density at radius 1 is 1.32 bits per heavy atom. The first-order valence-corrected chi connectivity index (χ1v) is 7.28. The summed E-state index contributed by atoms with van der Waals surface area (Å²) in [5.41, 5.74) is 0.701. The molecule has 1 aliphatic rings. The monoisotopic (exact) mass is 265 g/mol. The van der Waals surface area contributed by atoms with Crippen LogP contribution in [0, 0.1) is 11.7 Å². The molecular formula is C16H24FNO. The van der Waals surface area contributed by atoms with Crippen LogP contribution in [0.25, 0.3) is 0 Å². The highest BCUT2D eigenvalue weighted by Gasteiger charge is 2.24. The van der Waals surface area contributed by atoms with Crippen molar-refractivity contribution >= 4 is 0 Å². The molecule has 106 valence electrons. The number of aromatic hydroxyl groups is 1. The predicted octanol–water partition coefficient (Wildman–Crippen LogP) is 3.93. The minimum Gasteiger partial charge on any atom is -0.505 e. The number of para-hydroxylation sites is 1. The minimum absolute atomic E-state index is 0.186. The summed E-state index contributed by atoms with van der Waals surface area (Å²) in [5.74, 6) is -0.126. The number of benzene rings is 1. The van der Waals surface area contributed by atoms with E-state index >= 15 is 0 Å². The summed E-state index contributed by atoms with van der Waals surface area (Å²) < 4.78 is 13.4. The highest BCUT2D eigenvalue weighted by Crippen LogP contribution is 2.28. The maximum atomic E-state index is 13.4. The first-order chi connectivity index (χ1) is 9.08. The summed E-state index contributed by atoms with van der Waals surface area (Å²) in [5, 5.41) is 9.82. The Balaban J connectivity index is 2.12. The number of hydrogen-bond donors (Lipinski definition) is 1. The number of hydrogen-bond acceptors (Lipinski definition) is 2. The molecule has 0 aliphatic heterocycles. The van der Waals surface area contributed by atoms with Crippen molar-refractivity contribution in [3.8, 4) is 5.75 Å². The molecule has 0 radical (unpaired) electrons. The molecule has 0 saturated heterocycles. The van der Waals surface area contributed by atoms with E-state index in [1.807, 2.05) is 6.07 Å². The van der Waals surface area contributed by atoms with Crippen molar-refractivity contribution < 1.29 is 9.50 Å². The number of rotatable bonds is 5. The molecule has 19 heavy (non-hydrogen) atoms. The van der Waals surface area contributed by atoms with Crippen molar-refractivity contribution in [2.45, 2.75) is 52.1 Å². The van der Waals surface area contributed by atoms with E-state index in [4.69, 9.17) is 0 Å². The lowest BCUT2D eigenvalue weighted by Gasteiger charge is -2.30. The fourth-order valence-corrected chi connectivity index (χ4v) is 2.99. The van der Waals surface area contributed by atoms with Crippen LogP contribution in [0.1, 0.15) is 45.1 Å². The molecule has 0 spiro atoms. The van der Waals surface area contributed by atoms with E-state index in [1.165, 1.54) is 31.7 Å². The van der Waals surface area contributed by atoms with Gasteiger partial charge in [0.2, 0.25) is 0 Å².